The third-order valence-corrected chi connectivity index (χ3v) is 4.97. The molecule has 6 nitrogen and oxygen atoms in total. The van der Waals surface area contributed by atoms with Crippen LogP contribution >= 0.6 is 15.9 Å². The number of aliphatic hydroxyl groups excluding tert-OH is 1. The maximum Gasteiger partial charge on any atom is 0.336 e. The lowest BCUT2D eigenvalue weighted by atomic mass is 10.1. The van der Waals surface area contributed by atoms with Crippen molar-refractivity contribution in [1.82, 2.24) is 4.72 Å². The van der Waals surface area contributed by atoms with Crippen molar-refractivity contribution in [2.75, 3.05) is 6.61 Å². The molecule has 0 radical (unpaired) electrons. The van der Waals surface area contributed by atoms with Crippen molar-refractivity contribution in [2.24, 2.45) is 5.92 Å². The first-order chi connectivity index (χ1) is 9.19. The Morgan fingerprint density at radius 3 is 2.45 bits per heavy atom. The number of nitrogens with one attached hydrogen (secondary N) is 1. The number of sulfonamides is 1. The van der Waals surface area contributed by atoms with Crippen LogP contribution in [0.5, 0.6) is 0 Å². The molecule has 1 atom stereocenters. The van der Waals surface area contributed by atoms with E-state index in [4.69, 9.17) is 10.2 Å². The van der Waals surface area contributed by atoms with Crippen LogP contribution in [0.4, 0.5) is 0 Å². The van der Waals surface area contributed by atoms with E-state index in [-0.39, 0.29) is 23.0 Å². The summed E-state index contributed by atoms with van der Waals surface area (Å²) in [6.07, 6.45) is 0. The summed E-state index contributed by atoms with van der Waals surface area (Å²) in [6.45, 7) is 3.21. The average Bonchev–Trinajstić information content (AvgIpc) is 2.35. The molecule has 1 aromatic carbocycles. The van der Waals surface area contributed by atoms with Gasteiger partial charge >= 0.3 is 5.97 Å². The lowest BCUT2D eigenvalue weighted by Gasteiger charge is -2.20. The summed E-state index contributed by atoms with van der Waals surface area (Å²) in [5.41, 5.74) is -0.141. The fourth-order valence-electron chi connectivity index (χ4n) is 1.49. The van der Waals surface area contributed by atoms with Crippen molar-refractivity contribution >= 4 is 31.9 Å². The van der Waals surface area contributed by atoms with Crippen LogP contribution in [-0.2, 0) is 10.0 Å². The van der Waals surface area contributed by atoms with Crippen molar-refractivity contribution in [3.8, 4) is 0 Å². The van der Waals surface area contributed by atoms with Gasteiger partial charge < -0.3 is 10.2 Å². The molecule has 0 aliphatic heterocycles. The predicted molar refractivity (Wildman–Crippen MR) is 77.1 cm³/mol. The molecule has 0 amide bonds. The van der Waals surface area contributed by atoms with Crippen molar-refractivity contribution in [2.45, 2.75) is 24.8 Å². The Morgan fingerprint density at radius 2 is 2.00 bits per heavy atom. The molecule has 0 spiro atoms. The number of aromatic carboxylic acids is 1. The van der Waals surface area contributed by atoms with Gasteiger partial charge in [0.05, 0.1) is 17.1 Å². The van der Waals surface area contributed by atoms with Crippen LogP contribution in [0.2, 0.25) is 0 Å². The number of halogens is 1. The second kappa shape index (κ2) is 6.66. The van der Waals surface area contributed by atoms with E-state index < -0.39 is 22.0 Å². The van der Waals surface area contributed by atoms with Crippen LogP contribution in [0.1, 0.15) is 24.2 Å². The zero-order valence-electron chi connectivity index (χ0n) is 11.0. The lowest BCUT2D eigenvalue weighted by Crippen LogP contribution is -2.41. The highest BCUT2D eigenvalue weighted by Crippen LogP contribution is 2.21. The van der Waals surface area contributed by atoms with Gasteiger partial charge in [0.15, 0.2) is 0 Å². The Bertz CT molecular complexity index is 600. The first kappa shape index (κ1) is 17.1. The highest BCUT2D eigenvalue weighted by molar-refractivity contribution is 9.10. The monoisotopic (exact) mass is 365 g/mol. The van der Waals surface area contributed by atoms with Crippen LogP contribution in [0, 0.1) is 5.92 Å². The van der Waals surface area contributed by atoms with E-state index in [0.29, 0.717) is 4.47 Å². The Balaban J connectivity index is 3.16. The number of benzene rings is 1. The molecule has 0 fully saturated rings. The van der Waals surface area contributed by atoms with Gasteiger partial charge in [0, 0.05) is 10.5 Å². The molecule has 0 heterocycles. The summed E-state index contributed by atoms with van der Waals surface area (Å²) in [5.74, 6) is -1.32. The van der Waals surface area contributed by atoms with Gasteiger partial charge in [0.1, 0.15) is 0 Å². The largest absolute Gasteiger partial charge is 0.478 e. The van der Waals surface area contributed by atoms with Crippen molar-refractivity contribution in [3.05, 3.63) is 28.2 Å². The van der Waals surface area contributed by atoms with E-state index in [1.54, 1.807) is 13.8 Å². The zero-order chi connectivity index (χ0) is 15.5. The highest BCUT2D eigenvalue weighted by atomic mass is 79.9. The van der Waals surface area contributed by atoms with Gasteiger partial charge in [-0.2, -0.15) is 0 Å². The number of aliphatic hydroxyl groups is 1. The van der Waals surface area contributed by atoms with Crippen LogP contribution in [0.25, 0.3) is 0 Å². The Morgan fingerprint density at radius 1 is 1.40 bits per heavy atom. The maximum absolute atomic E-state index is 12.2. The molecule has 0 aromatic heterocycles. The van der Waals surface area contributed by atoms with Gasteiger partial charge in [0.2, 0.25) is 10.0 Å². The highest BCUT2D eigenvalue weighted by Gasteiger charge is 2.23. The van der Waals surface area contributed by atoms with E-state index in [2.05, 4.69) is 20.7 Å². The van der Waals surface area contributed by atoms with Gasteiger partial charge in [-0.15, -0.1) is 0 Å². The number of rotatable bonds is 6. The van der Waals surface area contributed by atoms with Crippen LogP contribution in [0.15, 0.2) is 27.6 Å². The fourth-order valence-corrected chi connectivity index (χ4v) is 3.30. The van der Waals surface area contributed by atoms with Gasteiger partial charge in [-0.1, -0.05) is 13.8 Å². The molecule has 8 heteroatoms. The minimum absolute atomic E-state index is 0.0934. The van der Waals surface area contributed by atoms with E-state index in [0.717, 1.165) is 6.07 Å². The van der Waals surface area contributed by atoms with Crippen LogP contribution in [0.3, 0.4) is 0 Å². The van der Waals surface area contributed by atoms with Gasteiger partial charge in [-0.25, -0.2) is 17.9 Å². The number of carboxylic acids is 1. The van der Waals surface area contributed by atoms with Gasteiger partial charge in [-0.3, -0.25) is 0 Å². The first-order valence-corrected chi connectivity index (χ1v) is 8.12. The van der Waals surface area contributed by atoms with Crippen LogP contribution < -0.4 is 4.72 Å². The van der Waals surface area contributed by atoms with E-state index in [1.807, 2.05) is 0 Å². The Kier molecular flexibility index (Phi) is 5.69. The molecule has 112 valence electrons. The second-order valence-corrected chi connectivity index (χ2v) is 7.17. The second-order valence-electron chi connectivity index (χ2n) is 4.60. The molecule has 1 aromatic rings. The van der Waals surface area contributed by atoms with E-state index >= 15 is 0 Å². The number of hydrogen-bond acceptors (Lipinski definition) is 4. The quantitative estimate of drug-likeness (QED) is 0.707. The zero-order valence-corrected chi connectivity index (χ0v) is 13.4. The molecule has 0 unspecified atom stereocenters. The summed E-state index contributed by atoms with van der Waals surface area (Å²) in [7, 11) is -3.88. The molecular weight excluding hydrogens is 350 g/mol. The SMILES string of the molecule is CC(C)[C@@H](CO)NS(=O)(=O)c1ccc(Br)c(C(=O)O)c1. The van der Waals surface area contributed by atoms with Gasteiger partial charge in [0.25, 0.3) is 0 Å². The number of hydrogen-bond donors (Lipinski definition) is 3. The summed E-state index contributed by atoms with van der Waals surface area (Å²) < 4.78 is 27.0. The van der Waals surface area contributed by atoms with E-state index in [1.165, 1.54) is 12.1 Å². The van der Waals surface area contributed by atoms with Crippen molar-refractivity contribution < 1.29 is 23.4 Å². The molecule has 0 bridgehead atoms. The molecular formula is C12H16BrNO5S. The minimum atomic E-state index is -3.88. The number of carboxylic acid groups (broad SMARTS) is 1. The average molecular weight is 366 g/mol. The minimum Gasteiger partial charge on any atom is -0.478 e. The smallest absolute Gasteiger partial charge is 0.336 e. The molecule has 1 rings (SSSR count). The molecule has 3 N–H and O–H groups in total. The third-order valence-electron chi connectivity index (χ3n) is 2.79. The standard InChI is InChI=1S/C12H16BrNO5S/c1-7(2)11(6-15)14-20(18,19)8-3-4-10(13)9(5-8)12(16)17/h3-5,7,11,14-15H,6H2,1-2H3,(H,16,17)/t11-/m1/s1. The molecule has 0 aliphatic carbocycles. The Hall–Kier alpha value is -0.960. The number of carbonyl (C=O) groups is 1. The topological polar surface area (TPSA) is 104 Å². The van der Waals surface area contributed by atoms with Gasteiger partial charge in [-0.05, 0) is 40.0 Å². The maximum atomic E-state index is 12.2. The first-order valence-electron chi connectivity index (χ1n) is 5.85. The molecule has 0 saturated carbocycles. The molecule has 0 aliphatic rings. The summed E-state index contributed by atoms with van der Waals surface area (Å²) in [5, 5.41) is 18.2. The summed E-state index contributed by atoms with van der Waals surface area (Å²) in [6, 6.07) is 3.11. The van der Waals surface area contributed by atoms with Crippen molar-refractivity contribution in [1.29, 1.82) is 0 Å². The third kappa shape index (κ3) is 4.02. The molecule has 0 saturated heterocycles. The lowest BCUT2D eigenvalue weighted by molar-refractivity contribution is 0.0695. The summed E-state index contributed by atoms with van der Waals surface area (Å²) in [4.78, 5) is 10.8. The molecule has 20 heavy (non-hydrogen) atoms. The predicted octanol–water partition coefficient (Wildman–Crippen LogP) is 1.44. The fraction of sp³-hybridized carbons (Fsp3) is 0.417. The summed E-state index contributed by atoms with van der Waals surface area (Å²) >= 11 is 3.05. The van der Waals surface area contributed by atoms with Crippen LogP contribution in [-0.4, -0.2) is 37.2 Å². The van der Waals surface area contributed by atoms with Crippen molar-refractivity contribution in [3.63, 3.8) is 0 Å². The van der Waals surface area contributed by atoms with E-state index in [9.17, 15) is 13.2 Å². The Labute approximate surface area is 126 Å². The normalized spacial score (nSPS) is 13.4.